The Hall–Kier alpha value is -2.44. The summed E-state index contributed by atoms with van der Waals surface area (Å²) in [4.78, 5) is 33.7. The van der Waals surface area contributed by atoms with E-state index in [1.54, 1.807) is 0 Å². The van der Waals surface area contributed by atoms with E-state index in [-0.39, 0.29) is 17.6 Å². The second-order valence-electron chi connectivity index (χ2n) is 5.00. The average molecular weight is 292 g/mol. The fraction of sp³-hybridized carbons (Fsp3) is 0.429. The molecule has 1 N–H and O–H groups in total. The van der Waals surface area contributed by atoms with Crippen molar-refractivity contribution in [2.45, 2.75) is 32.3 Å². The minimum atomic E-state index is -0.933. The molecule has 0 heterocycles. The highest BCUT2D eigenvalue weighted by Gasteiger charge is 2.29. The summed E-state index contributed by atoms with van der Waals surface area (Å²) in [6.45, 7) is 1.48. The molecule has 1 unspecified atom stereocenters. The number of ether oxygens (including phenoxy) is 1. The van der Waals surface area contributed by atoms with Gasteiger partial charge in [0.15, 0.2) is 6.10 Å². The monoisotopic (exact) mass is 292 g/mol. The van der Waals surface area contributed by atoms with Crippen LogP contribution < -0.4 is 5.32 Å². The number of amides is 1. The van der Waals surface area contributed by atoms with Gasteiger partial charge in [-0.3, -0.25) is 19.7 Å². The highest BCUT2D eigenvalue weighted by Crippen LogP contribution is 2.27. The van der Waals surface area contributed by atoms with E-state index >= 15 is 0 Å². The zero-order valence-electron chi connectivity index (χ0n) is 11.6. The van der Waals surface area contributed by atoms with E-state index in [1.165, 1.54) is 31.2 Å². The summed E-state index contributed by atoms with van der Waals surface area (Å²) < 4.78 is 5.08. The number of esters is 1. The topological polar surface area (TPSA) is 98.5 Å². The van der Waals surface area contributed by atoms with E-state index in [2.05, 4.69) is 5.32 Å². The third-order valence-corrected chi connectivity index (χ3v) is 3.43. The Labute approximate surface area is 121 Å². The molecule has 2 rings (SSSR count). The van der Waals surface area contributed by atoms with Crippen LogP contribution in [0.1, 0.15) is 26.2 Å². The highest BCUT2D eigenvalue weighted by atomic mass is 16.6. The van der Waals surface area contributed by atoms with Crippen molar-refractivity contribution in [3.8, 4) is 0 Å². The number of benzene rings is 1. The van der Waals surface area contributed by atoms with Gasteiger partial charge in [-0.15, -0.1) is 0 Å². The molecule has 1 aliphatic rings. The third kappa shape index (κ3) is 3.77. The van der Waals surface area contributed by atoms with E-state index in [1.807, 2.05) is 0 Å². The van der Waals surface area contributed by atoms with Gasteiger partial charge >= 0.3 is 5.97 Å². The lowest BCUT2D eigenvalue weighted by atomic mass is 9.86. The number of nitrogens with one attached hydrogen (secondary N) is 1. The summed E-state index contributed by atoms with van der Waals surface area (Å²) in [6.07, 6.45) is 1.68. The maximum Gasteiger partial charge on any atom is 0.309 e. The minimum absolute atomic E-state index is 0.0990. The molecule has 0 aliphatic heterocycles. The van der Waals surface area contributed by atoms with Crippen molar-refractivity contribution in [1.82, 2.24) is 0 Å². The summed E-state index contributed by atoms with van der Waals surface area (Å²) in [5.41, 5.74) is 0.174. The van der Waals surface area contributed by atoms with E-state index in [0.717, 1.165) is 19.3 Å². The summed E-state index contributed by atoms with van der Waals surface area (Å²) in [6, 6.07) is 5.58. The van der Waals surface area contributed by atoms with E-state index < -0.39 is 16.9 Å². The van der Waals surface area contributed by atoms with Gasteiger partial charge in [-0.05, 0) is 25.8 Å². The third-order valence-electron chi connectivity index (χ3n) is 3.43. The predicted octanol–water partition coefficient (Wildman–Crippen LogP) is 2.27. The number of nitro benzene ring substituents is 1. The highest BCUT2D eigenvalue weighted by molar-refractivity contribution is 5.95. The molecule has 7 heteroatoms. The Bertz CT molecular complexity index is 568. The molecule has 1 atom stereocenters. The van der Waals surface area contributed by atoms with Crippen molar-refractivity contribution in [1.29, 1.82) is 0 Å². The quantitative estimate of drug-likeness (QED) is 0.510. The summed E-state index contributed by atoms with van der Waals surface area (Å²) in [7, 11) is 0. The van der Waals surface area contributed by atoms with Crippen LogP contribution in [0.5, 0.6) is 0 Å². The normalized spacial score (nSPS) is 15.7. The van der Waals surface area contributed by atoms with Crippen LogP contribution >= 0.6 is 0 Å². The first-order valence-corrected chi connectivity index (χ1v) is 6.73. The predicted molar refractivity (Wildman–Crippen MR) is 74.6 cm³/mol. The molecule has 1 aliphatic carbocycles. The number of rotatable bonds is 5. The Morgan fingerprint density at radius 2 is 2.14 bits per heavy atom. The molecule has 1 aromatic rings. The van der Waals surface area contributed by atoms with Crippen molar-refractivity contribution in [2.75, 3.05) is 5.32 Å². The molecule has 1 fully saturated rings. The molecule has 0 bridgehead atoms. The van der Waals surface area contributed by atoms with Crippen LogP contribution in [0, 0.1) is 16.0 Å². The van der Waals surface area contributed by atoms with E-state index in [0.29, 0.717) is 5.69 Å². The fourth-order valence-corrected chi connectivity index (χ4v) is 1.91. The van der Waals surface area contributed by atoms with E-state index in [9.17, 15) is 19.7 Å². The first kappa shape index (κ1) is 15.0. The van der Waals surface area contributed by atoms with Crippen molar-refractivity contribution >= 4 is 23.3 Å². The van der Waals surface area contributed by atoms with Gasteiger partial charge in [-0.2, -0.15) is 0 Å². The van der Waals surface area contributed by atoms with Crippen LogP contribution in [-0.2, 0) is 14.3 Å². The molecule has 0 spiro atoms. The standard InChI is InChI=1S/C14H16N2O5/c1-9(21-14(18)10-4-2-5-10)13(17)15-11-6-3-7-12(8-11)16(19)20/h3,6-10H,2,4-5H2,1H3,(H,15,17). The zero-order chi connectivity index (χ0) is 15.4. The Kier molecular flexibility index (Phi) is 4.52. The average Bonchev–Trinajstić information content (AvgIpc) is 2.36. The van der Waals surface area contributed by atoms with Crippen LogP contribution in [0.2, 0.25) is 0 Å². The van der Waals surface area contributed by atoms with Crippen molar-refractivity contribution in [3.05, 3.63) is 34.4 Å². The lowest BCUT2D eigenvalue weighted by Crippen LogP contribution is -2.34. The molecule has 0 radical (unpaired) electrons. The molecule has 1 aromatic carbocycles. The second-order valence-corrected chi connectivity index (χ2v) is 5.00. The van der Waals surface area contributed by atoms with Crippen LogP contribution in [-0.4, -0.2) is 22.9 Å². The molecule has 112 valence electrons. The largest absolute Gasteiger partial charge is 0.452 e. The van der Waals surface area contributed by atoms with Gasteiger partial charge in [0, 0.05) is 17.8 Å². The summed E-state index contributed by atoms with van der Waals surface area (Å²) in [5, 5.41) is 13.2. The Balaban J connectivity index is 1.92. The van der Waals surface area contributed by atoms with Gasteiger partial charge < -0.3 is 10.1 Å². The number of non-ortho nitro benzene ring substituents is 1. The van der Waals surface area contributed by atoms with Crippen LogP contribution in [0.4, 0.5) is 11.4 Å². The number of hydrogen-bond donors (Lipinski definition) is 1. The fourth-order valence-electron chi connectivity index (χ4n) is 1.91. The van der Waals surface area contributed by atoms with Crippen molar-refractivity contribution in [3.63, 3.8) is 0 Å². The smallest absolute Gasteiger partial charge is 0.309 e. The zero-order valence-corrected chi connectivity index (χ0v) is 11.6. The van der Waals surface area contributed by atoms with Gasteiger partial charge in [0.2, 0.25) is 0 Å². The number of nitro groups is 1. The molecule has 1 amide bonds. The second kappa shape index (κ2) is 6.34. The summed E-state index contributed by atoms with van der Waals surface area (Å²) in [5.74, 6) is -0.968. The van der Waals surface area contributed by atoms with Crippen LogP contribution in [0.15, 0.2) is 24.3 Å². The molecule has 7 nitrogen and oxygen atoms in total. The molecule has 0 saturated heterocycles. The van der Waals surface area contributed by atoms with Gasteiger partial charge in [0.1, 0.15) is 0 Å². The van der Waals surface area contributed by atoms with Crippen LogP contribution in [0.25, 0.3) is 0 Å². The minimum Gasteiger partial charge on any atom is -0.452 e. The van der Waals surface area contributed by atoms with Gasteiger partial charge in [-0.25, -0.2) is 0 Å². The van der Waals surface area contributed by atoms with Crippen molar-refractivity contribution in [2.24, 2.45) is 5.92 Å². The molecule has 21 heavy (non-hydrogen) atoms. The lowest BCUT2D eigenvalue weighted by molar-refractivity contribution is -0.384. The first-order chi connectivity index (χ1) is 9.97. The molecular weight excluding hydrogens is 276 g/mol. The van der Waals surface area contributed by atoms with Gasteiger partial charge in [-0.1, -0.05) is 12.5 Å². The lowest BCUT2D eigenvalue weighted by Gasteiger charge is -2.24. The SMILES string of the molecule is CC(OC(=O)C1CCC1)C(=O)Nc1cccc([N+](=O)[O-])c1. The number of hydrogen-bond acceptors (Lipinski definition) is 5. The first-order valence-electron chi connectivity index (χ1n) is 6.73. The number of carbonyl (C=O) groups is 2. The maximum absolute atomic E-state index is 11.9. The molecule has 1 saturated carbocycles. The molecular formula is C14H16N2O5. The Morgan fingerprint density at radius 1 is 1.43 bits per heavy atom. The maximum atomic E-state index is 11.9. The van der Waals surface area contributed by atoms with Gasteiger partial charge in [0.25, 0.3) is 11.6 Å². The van der Waals surface area contributed by atoms with Crippen molar-refractivity contribution < 1.29 is 19.2 Å². The van der Waals surface area contributed by atoms with Crippen LogP contribution in [0.3, 0.4) is 0 Å². The Morgan fingerprint density at radius 3 is 2.71 bits per heavy atom. The summed E-state index contributed by atoms with van der Waals surface area (Å²) >= 11 is 0. The van der Waals surface area contributed by atoms with Gasteiger partial charge in [0.05, 0.1) is 10.8 Å². The number of nitrogens with zero attached hydrogens (tertiary/aromatic N) is 1. The number of carbonyl (C=O) groups excluding carboxylic acids is 2. The number of anilines is 1. The van der Waals surface area contributed by atoms with E-state index in [4.69, 9.17) is 4.74 Å². The molecule has 0 aromatic heterocycles.